The topological polar surface area (TPSA) is 85.7 Å². The van der Waals surface area contributed by atoms with Gasteiger partial charge in [0.05, 0.1) is 5.56 Å². The van der Waals surface area contributed by atoms with Gasteiger partial charge in [0.1, 0.15) is 5.69 Å². The van der Waals surface area contributed by atoms with E-state index < -0.39 is 17.5 Å². The summed E-state index contributed by atoms with van der Waals surface area (Å²) in [5, 5.41) is 9.15. The Morgan fingerprint density at radius 3 is 2.59 bits per heavy atom. The van der Waals surface area contributed by atoms with E-state index in [9.17, 15) is 9.59 Å². The van der Waals surface area contributed by atoms with Gasteiger partial charge in [0.15, 0.2) is 11.5 Å². The highest BCUT2D eigenvalue weighted by atomic mass is 16.7. The zero-order valence-electron chi connectivity index (χ0n) is 12.0. The van der Waals surface area contributed by atoms with E-state index in [1.165, 1.54) is 24.4 Å². The molecule has 1 aromatic heterocycles. The molecule has 2 aromatic rings. The molecule has 0 amide bonds. The molecule has 0 radical (unpaired) electrons. The Balaban J connectivity index is 2.00. The average molecular weight is 299 g/mol. The van der Waals surface area contributed by atoms with Crippen molar-refractivity contribution in [2.45, 2.75) is 19.6 Å². The maximum Gasteiger partial charge on any atom is 0.338 e. The van der Waals surface area contributed by atoms with Crippen molar-refractivity contribution in [3.05, 3.63) is 53.3 Å². The first-order valence-corrected chi connectivity index (χ1v) is 6.62. The summed E-state index contributed by atoms with van der Waals surface area (Å²) in [5.41, 5.74) is 0.0554. The monoisotopic (exact) mass is 299 g/mol. The van der Waals surface area contributed by atoms with Gasteiger partial charge in [-0.05, 0) is 30.3 Å². The lowest BCUT2D eigenvalue weighted by atomic mass is 10.0. The molecule has 1 aliphatic rings. The number of hydrogen-bond acceptors (Lipinski definition) is 5. The SMILES string of the molecule is CC1(C)Oc2ccc(C(=O)c3ncccc3C(=O)O)cc2O1. The number of carboxylic acids is 1. The van der Waals surface area contributed by atoms with Gasteiger partial charge in [-0.3, -0.25) is 9.78 Å². The van der Waals surface area contributed by atoms with Gasteiger partial charge in [0.25, 0.3) is 0 Å². The van der Waals surface area contributed by atoms with Gasteiger partial charge in [-0.1, -0.05) is 0 Å². The van der Waals surface area contributed by atoms with Crippen molar-refractivity contribution in [3.8, 4) is 11.5 Å². The number of carboxylic acid groups (broad SMARTS) is 1. The maximum absolute atomic E-state index is 12.5. The standard InChI is InChI=1S/C16H13NO5/c1-16(2)21-11-6-5-9(8-12(11)22-16)14(18)13-10(15(19)20)4-3-7-17-13/h3-8H,1-2H3,(H,19,20). The summed E-state index contributed by atoms with van der Waals surface area (Å²) in [6.45, 7) is 3.52. The Labute approximate surface area is 126 Å². The van der Waals surface area contributed by atoms with Crippen LogP contribution in [0.1, 0.15) is 40.3 Å². The quantitative estimate of drug-likeness (QED) is 0.876. The minimum Gasteiger partial charge on any atom is -0.478 e. The molecule has 3 rings (SSSR count). The second-order valence-corrected chi connectivity index (χ2v) is 5.30. The molecule has 1 N–H and O–H groups in total. The first-order chi connectivity index (χ1) is 10.4. The normalized spacial score (nSPS) is 14.6. The van der Waals surface area contributed by atoms with Crippen molar-refractivity contribution in [3.63, 3.8) is 0 Å². The number of benzene rings is 1. The minimum absolute atomic E-state index is 0.104. The van der Waals surface area contributed by atoms with Crippen molar-refractivity contribution < 1.29 is 24.2 Å². The maximum atomic E-state index is 12.5. The van der Waals surface area contributed by atoms with E-state index in [4.69, 9.17) is 14.6 Å². The fourth-order valence-electron chi connectivity index (χ4n) is 2.26. The van der Waals surface area contributed by atoms with E-state index in [1.807, 2.05) is 0 Å². The van der Waals surface area contributed by atoms with E-state index in [0.717, 1.165) is 0 Å². The van der Waals surface area contributed by atoms with Gasteiger partial charge in [-0.2, -0.15) is 0 Å². The first kappa shape index (κ1) is 14.1. The number of pyridine rings is 1. The molecule has 6 nitrogen and oxygen atoms in total. The molecule has 1 aliphatic heterocycles. The summed E-state index contributed by atoms with van der Waals surface area (Å²) in [4.78, 5) is 27.6. The van der Waals surface area contributed by atoms with Crippen LogP contribution in [-0.2, 0) is 0 Å². The summed E-state index contributed by atoms with van der Waals surface area (Å²) in [6, 6.07) is 7.54. The third kappa shape index (κ3) is 2.39. The van der Waals surface area contributed by atoms with Crippen molar-refractivity contribution in [2.24, 2.45) is 0 Å². The minimum atomic E-state index is -1.20. The van der Waals surface area contributed by atoms with Crippen LogP contribution in [0.4, 0.5) is 0 Å². The lowest BCUT2D eigenvalue weighted by Gasteiger charge is -2.16. The lowest BCUT2D eigenvalue weighted by Crippen LogP contribution is -2.29. The molecular weight excluding hydrogens is 286 g/mol. The zero-order chi connectivity index (χ0) is 15.9. The van der Waals surface area contributed by atoms with Crippen LogP contribution in [0.15, 0.2) is 36.5 Å². The Kier molecular flexibility index (Phi) is 3.09. The van der Waals surface area contributed by atoms with Crippen molar-refractivity contribution in [2.75, 3.05) is 0 Å². The fraction of sp³-hybridized carbons (Fsp3) is 0.188. The Bertz CT molecular complexity index is 782. The number of carbonyl (C=O) groups is 2. The molecule has 2 heterocycles. The molecule has 22 heavy (non-hydrogen) atoms. The number of hydrogen-bond donors (Lipinski definition) is 1. The number of ketones is 1. The molecule has 6 heteroatoms. The number of aromatic nitrogens is 1. The molecule has 0 atom stereocenters. The van der Waals surface area contributed by atoms with Gasteiger partial charge >= 0.3 is 5.97 Å². The summed E-state index contributed by atoms with van der Waals surface area (Å²) in [7, 11) is 0. The van der Waals surface area contributed by atoms with Gasteiger partial charge in [0, 0.05) is 25.6 Å². The molecule has 0 spiro atoms. The van der Waals surface area contributed by atoms with Gasteiger partial charge in [0.2, 0.25) is 11.6 Å². The van der Waals surface area contributed by atoms with Crippen LogP contribution in [0, 0.1) is 0 Å². The van der Waals surface area contributed by atoms with Crippen LogP contribution in [-0.4, -0.2) is 27.6 Å². The number of fused-ring (bicyclic) bond motifs is 1. The Hall–Kier alpha value is -2.89. The number of carbonyl (C=O) groups excluding carboxylic acids is 1. The van der Waals surface area contributed by atoms with Crippen LogP contribution < -0.4 is 9.47 Å². The predicted octanol–water partition coefficient (Wildman–Crippen LogP) is 2.52. The van der Waals surface area contributed by atoms with E-state index in [1.54, 1.807) is 26.0 Å². The molecule has 0 unspecified atom stereocenters. The highest BCUT2D eigenvalue weighted by Crippen LogP contribution is 2.39. The second-order valence-electron chi connectivity index (χ2n) is 5.30. The molecule has 112 valence electrons. The van der Waals surface area contributed by atoms with E-state index in [2.05, 4.69) is 4.98 Å². The molecule has 0 saturated heterocycles. The predicted molar refractivity (Wildman–Crippen MR) is 76.4 cm³/mol. The molecule has 0 bridgehead atoms. The summed E-state index contributed by atoms with van der Waals surface area (Å²) in [5.74, 6) is -1.47. The van der Waals surface area contributed by atoms with Crippen LogP contribution in [0.25, 0.3) is 0 Å². The first-order valence-electron chi connectivity index (χ1n) is 6.62. The lowest BCUT2D eigenvalue weighted by molar-refractivity contribution is -0.0431. The molecule has 0 aliphatic carbocycles. The molecule has 0 fully saturated rings. The molecule has 0 saturated carbocycles. The second kappa shape index (κ2) is 4.84. The average Bonchev–Trinajstić information content (AvgIpc) is 2.79. The number of rotatable bonds is 3. The number of aromatic carboxylic acids is 1. The van der Waals surface area contributed by atoms with Crippen LogP contribution >= 0.6 is 0 Å². The largest absolute Gasteiger partial charge is 0.478 e. The highest BCUT2D eigenvalue weighted by molar-refractivity contribution is 6.13. The van der Waals surface area contributed by atoms with Crippen LogP contribution in [0.2, 0.25) is 0 Å². The number of ether oxygens (including phenoxy) is 2. The Morgan fingerprint density at radius 2 is 1.86 bits per heavy atom. The van der Waals surface area contributed by atoms with E-state index in [-0.39, 0.29) is 11.3 Å². The van der Waals surface area contributed by atoms with Crippen molar-refractivity contribution in [1.82, 2.24) is 4.98 Å². The summed E-state index contributed by atoms with van der Waals surface area (Å²) < 4.78 is 11.1. The molecule has 1 aromatic carbocycles. The van der Waals surface area contributed by atoms with Crippen molar-refractivity contribution in [1.29, 1.82) is 0 Å². The molecular formula is C16H13NO5. The summed E-state index contributed by atoms with van der Waals surface area (Å²) >= 11 is 0. The third-order valence-electron chi connectivity index (χ3n) is 3.17. The smallest absolute Gasteiger partial charge is 0.338 e. The van der Waals surface area contributed by atoms with Crippen molar-refractivity contribution >= 4 is 11.8 Å². The van der Waals surface area contributed by atoms with E-state index >= 15 is 0 Å². The zero-order valence-corrected chi connectivity index (χ0v) is 12.0. The Morgan fingerprint density at radius 1 is 1.14 bits per heavy atom. The van der Waals surface area contributed by atoms with Crippen LogP contribution in [0.3, 0.4) is 0 Å². The van der Waals surface area contributed by atoms with Gasteiger partial charge in [-0.15, -0.1) is 0 Å². The van der Waals surface area contributed by atoms with Crippen LogP contribution in [0.5, 0.6) is 11.5 Å². The summed E-state index contributed by atoms with van der Waals surface area (Å²) in [6.07, 6.45) is 1.38. The third-order valence-corrected chi connectivity index (χ3v) is 3.17. The fourth-order valence-corrected chi connectivity index (χ4v) is 2.26. The van der Waals surface area contributed by atoms with Gasteiger partial charge < -0.3 is 14.6 Å². The van der Waals surface area contributed by atoms with Gasteiger partial charge in [-0.25, -0.2) is 4.79 Å². The van der Waals surface area contributed by atoms with E-state index in [0.29, 0.717) is 17.1 Å². The highest BCUT2D eigenvalue weighted by Gasteiger charge is 2.32. The number of nitrogens with zero attached hydrogens (tertiary/aromatic N) is 1.